The van der Waals surface area contributed by atoms with Crippen molar-refractivity contribution >= 4 is 11.8 Å². The lowest BCUT2D eigenvalue weighted by atomic mass is 9.89. The molecule has 4 rings (SSSR count). The van der Waals surface area contributed by atoms with E-state index in [9.17, 15) is 9.59 Å². The average molecular weight is 373 g/mol. The van der Waals surface area contributed by atoms with E-state index in [4.69, 9.17) is 0 Å². The van der Waals surface area contributed by atoms with Crippen LogP contribution in [0.2, 0.25) is 0 Å². The summed E-state index contributed by atoms with van der Waals surface area (Å²) in [6.07, 6.45) is 14.3. The van der Waals surface area contributed by atoms with Crippen molar-refractivity contribution in [3.05, 3.63) is 18.0 Å². The molecule has 3 aliphatic rings. The number of nitrogens with zero attached hydrogens (tertiary/aromatic N) is 3. The van der Waals surface area contributed by atoms with Crippen LogP contribution < -0.4 is 5.32 Å². The first-order valence-electron chi connectivity index (χ1n) is 10.8. The van der Waals surface area contributed by atoms with E-state index in [0.29, 0.717) is 17.4 Å². The van der Waals surface area contributed by atoms with Crippen molar-refractivity contribution in [3.8, 4) is 0 Å². The third kappa shape index (κ3) is 4.90. The largest absolute Gasteiger partial charge is 0.356 e. The third-order valence-corrected chi connectivity index (χ3v) is 6.47. The monoisotopic (exact) mass is 372 g/mol. The number of aromatic nitrogens is 2. The molecule has 1 saturated heterocycles. The van der Waals surface area contributed by atoms with Crippen molar-refractivity contribution in [3.63, 3.8) is 0 Å². The summed E-state index contributed by atoms with van der Waals surface area (Å²) in [5.74, 6) is 1.80. The van der Waals surface area contributed by atoms with Crippen LogP contribution >= 0.6 is 0 Å². The maximum absolute atomic E-state index is 12.8. The number of carbonyl (C=O) groups is 2. The Morgan fingerprint density at radius 1 is 1.00 bits per heavy atom. The summed E-state index contributed by atoms with van der Waals surface area (Å²) >= 11 is 0. The molecule has 1 aliphatic heterocycles. The van der Waals surface area contributed by atoms with Gasteiger partial charge in [0.2, 0.25) is 5.91 Å². The topological polar surface area (TPSA) is 67.2 Å². The van der Waals surface area contributed by atoms with Gasteiger partial charge < -0.3 is 10.2 Å². The van der Waals surface area contributed by atoms with Gasteiger partial charge in [-0.1, -0.05) is 19.3 Å². The lowest BCUT2D eigenvalue weighted by molar-refractivity contribution is -0.122. The van der Waals surface area contributed by atoms with Crippen LogP contribution in [0.25, 0.3) is 0 Å². The number of likely N-dealkylation sites (tertiary alicyclic amines) is 1. The van der Waals surface area contributed by atoms with Gasteiger partial charge >= 0.3 is 0 Å². The average Bonchev–Trinajstić information content (AvgIpc) is 3.46. The molecule has 2 saturated carbocycles. The summed E-state index contributed by atoms with van der Waals surface area (Å²) in [7, 11) is 0. The summed E-state index contributed by atoms with van der Waals surface area (Å²) in [5, 5.41) is 7.51. The molecule has 1 aromatic heterocycles. The van der Waals surface area contributed by atoms with Crippen LogP contribution in [0, 0.1) is 17.8 Å². The first-order valence-corrected chi connectivity index (χ1v) is 10.8. The second kappa shape index (κ2) is 8.44. The molecule has 148 valence electrons. The van der Waals surface area contributed by atoms with E-state index in [2.05, 4.69) is 10.4 Å². The van der Waals surface area contributed by atoms with Crippen LogP contribution in [0.15, 0.2) is 12.4 Å². The van der Waals surface area contributed by atoms with Gasteiger partial charge in [-0.05, 0) is 50.4 Å². The van der Waals surface area contributed by atoms with Gasteiger partial charge in [0.25, 0.3) is 5.91 Å². The first kappa shape index (κ1) is 18.5. The molecule has 1 N–H and O–H groups in total. The lowest BCUT2D eigenvalue weighted by Gasteiger charge is -2.31. The summed E-state index contributed by atoms with van der Waals surface area (Å²) < 4.78 is 1.96. The van der Waals surface area contributed by atoms with Gasteiger partial charge in [0.05, 0.1) is 11.8 Å². The Bertz CT molecular complexity index is 653. The van der Waals surface area contributed by atoms with Gasteiger partial charge in [-0.3, -0.25) is 14.3 Å². The van der Waals surface area contributed by atoms with Crippen molar-refractivity contribution in [1.29, 1.82) is 0 Å². The molecule has 3 fully saturated rings. The summed E-state index contributed by atoms with van der Waals surface area (Å²) in [5.41, 5.74) is 0.714. The predicted octanol–water partition coefficient (Wildman–Crippen LogP) is 2.84. The maximum Gasteiger partial charge on any atom is 0.257 e. The Kier molecular flexibility index (Phi) is 5.79. The second-order valence-electron chi connectivity index (χ2n) is 8.71. The second-order valence-corrected chi connectivity index (χ2v) is 8.71. The number of amides is 2. The van der Waals surface area contributed by atoms with Gasteiger partial charge in [0.1, 0.15) is 0 Å². The standard InChI is InChI=1S/C21H32N4O2/c26-20(18-6-7-18)22-12-16-8-10-24(11-9-16)21(27)19-13-23-25(15-19)14-17-4-2-1-3-5-17/h13,15-18H,1-12,14H2,(H,22,26). The quantitative estimate of drug-likeness (QED) is 0.835. The number of carbonyl (C=O) groups excluding carboxylic acids is 2. The molecule has 1 aromatic rings. The first-order chi connectivity index (χ1) is 13.2. The lowest BCUT2D eigenvalue weighted by Crippen LogP contribution is -2.41. The zero-order valence-corrected chi connectivity index (χ0v) is 16.2. The minimum Gasteiger partial charge on any atom is -0.356 e. The number of rotatable bonds is 6. The summed E-state index contributed by atoms with van der Waals surface area (Å²) in [4.78, 5) is 26.5. The fourth-order valence-corrected chi connectivity index (χ4v) is 4.47. The van der Waals surface area contributed by atoms with Gasteiger partial charge in [-0.15, -0.1) is 0 Å². The molecule has 0 spiro atoms. The SMILES string of the molecule is O=C(NCC1CCN(C(=O)c2cnn(CC3CCCCC3)c2)CC1)C1CC1. The van der Waals surface area contributed by atoms with Gasteiger partial charge in [0.15, 0.2) is 0 Å². The minimum atomic E-state index is 0.102. The van der Waals surface area contributed by atoms with Crippen molar-refractivity contribution in [1.82, 2.24) is 20.0 Å². The van der Waals surface area contributed by atoms with Crippen LogP contribution in [-0.2, 0) is 11.3 Å². The maximum atomic E-state index is 12.8. The minimum absolute atomic E-state index is 0.102. The van der Waals surface area contributed by atoms with E-state index in [-0.39, 0.29) is 17.7 Å². The molecular formula is C21H32N4O2. The van der Waals surface area contributed by atoms with E-state index < -0.39 is 0 Å². The van der Waals surface area contributed by atoms with E-state index >= 15 is 0 Å². The molecule has 6 heteroatoms. The van der Waals surface area contributed by atoms with Crippen molar-refractivity contribution in [2.75, 3.05) is 19.6 Å². The predicted molar refractivity (Wildman–Crippen MR) is 103 cm³/mol. The molecular weight excluding hydrogens is 340 g/mol. The Hall–Kier alpha value is -1.85. The van der Waals surface area contributed by atoms with Crippen LogP contribution in [-0.4, -0.2) is 46.1 Å². The summed E-state index contributed by atoms with van der Waals surface area (Å²) in [6.45, 7) is 3.25. The molecule has 27 heavy (non-hydrogen) atoms. The molecule has 2 amide bonds. The normalized spacial score (nSPS) is 22.0. The van der Waals surface area contributed by atoms with E-state index in [1.165, 1.54) is 32.1 Å². The summed E-state index contributed by atoms with van der Waals surface area (Å²) in [6, 6.07) is 0. The Morgan fingerprint density at radius 2 is 1.74 bits per heavy atom. The van der Waals surface area contributed by atoms with Gasteiger partial charge in [-0.2, -0.15) is 5.10 Å². The molecule has 0 radical (unpaired) electrons. The Morgan fingerprint density at radius 3 is 2.44 bits per heavy atom. The number of hydrogen-bond acceptors (Lipinski definition) is 3. The highest BCUT2D eigenvalue weighted by Crippen LogP contribution is 2.29. The Balaban J connectivity index is 1.22. The number of piperidine rings is 1. The third-order valence-electron chi connectivity index (χ3n) is 6.47. The molecule has 0 aromatic carbocycles. The van der Waals surface area contributed by atoms with Gasteiger partial charge in [-0.25, -0.2) is 0 Å². The molecule has 0 bridgehead atoms. The molecule has 6 nitrogen and oxygen atoms in total. The van der Waals surface area contributed by atoms with Crippen LogP contribution in [0.4, 0.5) is 0 Å². The number of nitrogens with one attached hydrogen (secondary N) is 1. The van der Waals surface area contributed by atoms with Crippen LogP contribution in [0.1, 0.15) is 68.1 Å². The highest BCUT2D eigenvalue weighted by molar-refractivity contribution is 5.93. The Labute approximate surface area is 161 Å². The van der Waals surface area contributed by atoms with E-state index in [0.717, 1.165) is 51.9 Å². The van der Waals surface area contributed by atoms with Gasteiger partial charge in [0, 0.05) is 38.3 Å². The van der Waals surface area contributed by atoms with E-state index in [1.54, 1.807) is 6.20 Å². The molecule has 0 unspecified atom stereocenters. The zero-order valence-electron chi connectivity index (χ0n) is 16.2. The fourth-order valence-electron chi connectivity index (χ4n) is 4.47. The fraction of sp³-hybridized carbons (Fsp3) is 0.762. The highest BCUT2D eigenvalue weighted by Gasteiger charge is 2.30. The van der Waals surface area contributed by atoms with Crippen molar-refractivity contribution in [2.24, 2.45) is 17.8 Å². The van der Waals surface area contributed by atoms with E-state index in [1.807, 2.05) is 15.8 Å². The molecule has 0 atom stereocenters. The molecule has 2 aliphatic carbocycles. The van der Waals surface area contributed by atoms with Crippen LogP contribution in [0.5, 0.6) is 0 Å². The zero-order chi connectivity index (χ0) is 18.6. The van der Waals surface area contributed by atoms with Crippen molar-refractivity contribution < 1.29 is 9.59 Å². The molecule has 2 heterocycles. The smallest absolute Gasteiger partial charge is 0.257 e. The van der Waals surface area contributed by atoms with Crippen LogP contribution in [0.3, 0.4) is 0 Å². The van der Waals surface area contributed by atoms with Crippen molar-refractivity contribution in [2.45, 2.75) is 64.3 Å². The highest BCUT2D eigenvalue weighted by atomic mass is 16.2. The number of hydrogen-bond donors (Lipinski definition) is 1.